The van der Waals surface area contributed by atoms with Crippen molar-refractivity contribution in [2.75, 3.05) is 19.8 Å². The van der Waals surface area contributed by atoms with Gasteiger partial charge in [-0.1, -0.05) is 0 Å². The Bertz CT molecular complexity index is 598. The molecule has 0 fully saturated rings. The lowest BCUT2D eigenvalue weighted by Gasteiger charge is -2.24. The fraction of sp³-hybridized carbons (Fsp3) is 0.588. The molecule has 1 aromatic heterocycles. The van der Waals surface area contributed by atoms with Gasteiger partial charge in [0.2, 0.25) is 11.9 Å². The fourth-order valence-corrected chi connectivity index (χ4v) is 3.78. The summed E-state index contributed by atoms with van der Waals surface area (Å²) >= 11 is 1.73. The van der Waals surface area contributed by atoms with Crippen molar-refractivity contribution in [3.05, 3.63) is 21.9 Å². The van der Waals surface area contributed by atoms with Crippen molar-refractivity contribution in [2.45, 2.75) is 45.2 Å². The Kier molecular flexibility index (Phi) is 7.39. The van der Waals surface area contributed by atoms with Gasteiger partial charge in [0.05, 0.1) is 19.8 Å². The second-order valence-electron chi connectivity index (χ2n) is 5.63. The van der Waals surface area contributed by atoms with Crippen LogP contribution in [0.5, 0.6) is 0 Å². The average Bonchev–Trinajstić information content (AvgIpc) is 3.07. The van der Waals surface area contributed by atoms with Crippen LogP contribution < -0.4 is 10.6 Å². The van der Waals surface area contributed by atoms with Gasteiger partial charge in [0.15, 0.2) is 0 Å². The van der Waals surface area contributed by atoms with Crippen molar-refractivity contribution in [3.63, 3.8) is 0 Å². The average molecular weight is 368 g/mol. The van der Waals surface area contributed by atoms with Gasteiger partial charge >= 0.3 is 11.9 Å². The van der Waals surface area contributed by atoms with Crippen LogP contribution >= 0.6 is 11.3 Å². The van der Waals surface area contributed by atoms with E-state index in [1.54, 1.807) is 25.2 Å². The SMILES string of the molecule is CCOC(=O)C(NC(=O)CN[C@H]1CCCc2sccc21)C(=O)OCC. The quantitative estimate of drug-likeness (QED) is 0.531. The summed E-state index contributed by atoms with van der Waals surface area (Å²) in [6, 6.07) is 0.760. The molecule has 0 spiro atoms. The Labute approximate surface area is 151 Å². The number of ether oxygens (including phenoxy) is 2. The Morgan fingerprint density at radius 2 is 1.92 bits per heavy atom. The van der Waals surface area contributed by atoms with Crippen LogP contribution in [-0.2, 0) is 30.3 Å². The van der Waals surface area contributed by atoms with E-state index in [1.165, 1.54) is 10.4 Å². The molecule has 1 atom stereocenters. The molecule has 0 saturated carbocycles. The van der Waals surface area contributed by atoms with E-state index in [1.807, 2.05) is 0 Å². The molecule has 8 heteroatoms. The van der Waals surface area contributed by atoms with Gasteiger partial charge in [0.25, 0.3) is 0 Å². The molecule has 0 saturated heterocycles. The zero-order valence-corrected chi connectivity index (χ0v) is 15.3. The monoisotopic (exact) mass is 368 g/mol. The van der Waals surface area contributed by atoms with Gasteiger partial charge in [-0.2, -0.15) is 0 Å². The van der Waals surface area contributed by atoms with Crippen LogP contribution in [0.4, 0.5) is 0 Å². The predicted molar refractivity (Wildman–Crippen MR) is 93.2 cm³/mol. The number of hydrogen-bond acceptors (Lipinski definition) is 7. The molecule has 0 radical (unpaired) electrons. The zero-order chi connectivity index (χ0) is 18.2. The van der Waals surface area contributed by atoms with Crippen molar-refractivity contribution in [1.29, 1.82) is 0 Å². The maximum absolute atomic E-state index is 12.2. The molecule has 1 amide bonds. The van der Waals surface area contributed by atoms with E-state index in [0.717, 1.165) is 19.3 Å². The van der Waals surface area contributed by atoms with Crippen molar-refractivity contribution in [3.8, 4) is 0 Å². The number of rotatable bonds is 8. The Morgan fingerprint density at radius 1 is 1.24 bits per heavy atom. The first-order valence-corrected chi connectivity index (χ1v) is 9.37. The molecule has 0 unspecified atom stereocenters. The summed E-state index contributed by atoms with van der Waals surface area (Å²) in [5, 5.41) is 7.65. The van der Waals surface area contributed by atoms with Crippen LogP contribution in [0.2, 0.25) is 0 Å². The highest BCUT2D eigenvalue weighted by Gasteiger charge is 2.31. The van der Waals surface area contributed by atoms with Crippen LogP contribution in [0.25, 0.3) is 0 Å². The van der Waals surface area contributed by atoms with Crippen molar-refractivity contribution >= 4 is 29.2 Å². The second kappa shape index (κ2) is 9.53. The van der Waals surface area contributed by atoms with E-state index in [4.69, 9.17) is 9.47 Å². The molecule has 138 valence electrons. The largest absolute Gasteiger partial charge is 0.464 e. The number of esters is 2. The Balaban J connectivity index is 1.91. The zero-order valence-electron chi connectivity index (χ0n) is 14.5. The minimum absolute atomic E-state index is 0.00919. The number of nitrogens with one attached hydrogen (secondary N) is 2. The van der Waals surface area contributed by atoms with Crippen molar-refractivity contribution < 1.29 is 23.9 Å². The summed E-state index contributed by atoms with van der Waals surface area (Å²) < 4.78 is 9.66. The molecule has 25 heavy (non-hydrogen) atoms. The second-order valence-corrected chi connectivity index (χ2v) is 6.63. The fourth-order valence-electron chi connectivity index (χ4n) is 2.79. The number of amides is 1. The third-order valence-electron chi connectivity index (χ3n) is 3.91. The van der Waals surface area contributed by atoms with Crippen molar-refractivity contribution in [2.24, 2.45) is 0 Å². The molecule has 1 heterocycles. The van der Waals surface area contributed by atoms with E-state index in [9.17, 15) is 14.4 Å². The molecular weight excluding hydrogens is 344 g/mol. The third-order valence-corrected chi connectivity index (χ3v) is 4.91. The number of fused-ring (bicyclic) bond motifs is 1. The molecule has 1 aliphatic rings. The van der Waals surface area contributed by atoms with Gasteiger partial charge in [-0.25, -0.2) is 9.59 Å². The lowest BCUT2D eigenvalue weighted by atomic mass is 9.94. The number of aryl methyl sites for hydroxylation is 1. The summed E-state index contributed by atoms with van der Waals surface area (Å²) in [6.45, 7) is 3.50. The standard InChI is InChI=1S/C17H24N2O5S/c1-3-23-16(21)15(17(22)24-4-2)19-14(20)10-18-12-6-5-7-13-11(12)8-9-25-13/h8-9,12,15,18H,3-7,10H2,1-2H3,(H,19,20)/t12-/m0/s1. The van der Waals surface area contributed by atoms with Gasteiger partial charge in [0.1, 0.15) is 0 Å². The molecule has 2 N–H and O–H groups in total. The molecule has 2 rings (SSSR count). The number of carbonyl (C=O) groups is 3. The molecule has 0 bridgehead atoms. The predicted octanol–water partition coefficient (Wildman–Crippen LogP) is 1.33. The van der Waals surface area contributed by atoms with Crippen molar-refractivity contribution in [1.82, 2.24) is 10.6 Å². The summed E-state index contributed by atoms with van der Waals surface area (Å²) in [5.41, 5.74) is 1.23. The first-order valence-electron chi connectivity index (χ1n) is 8.49. The van der Waals surface area contributed by atoms with E-state index in [2.05, 4.69) is 22.1 Å². The van der Waals surface area contributed by atoms with Gasteiger partial charge in [-0.15, -0.1) is 11.3 Å². The molecule has 1 aliphatic carbocycles. The van der Waals surface area contributed by atoms with Gasteiger partial charge in [-0.05, 0) is 50.1 Å². The molecule has 7 nitrogen and oxygen atoms in total. The van der Waals surface area contributed by atoms with Crippen LogP contribution in [-0.4, -0.2) is 43.6 Å². The summed E-state index contributed by atoms with van der Waals surface area (Å²) in [6.07, 6.45) is 3.10. The number of hydrogen-bond donors (Lipinski definition) is 2. The number of carbonyl (C=O) groups excluding carboxylic acids is 3. The lowest BCUT2D eigenvalue weighted by molar-refractivity contribution is -0.159. The smallest absolute Gasteiger partial charge is 0.340 e. The first kappa shape index (κ1) is 19.4. The number of thiophene rings is 1. The van der Waals surface area contributed by atoms with Crippen LogP contribution in [0, 0.1) is 0 Å². The van der Waals surface area contributed by atoms with Crippen LogP contribution in [0.1, 0.15) is 43.2 Å². The molecular formula is C17H24N2O5S. The topological polar surface area (TPSA) is 93.7 Å². The highest BCUT2D eigenvalue weighted by Crippen LogP contribution is 2.32. The minimum atomic E-state index is -1.43. The summed E-state index contributed by atoms with van der Waals surface area (Å²) in [7, 11) is 0. The molecule has 0 aromatic carbocycles. The Morgan fingerprint density at radius 3 is 2.56 bits per heavy atom. The van der Waals surface area contributed by atoms with Crippen LogP contribution in [0.15, 0.2) is 11.4 Å². The van der Waals surface area contributed by atoms with Crippen LogP contribution in [0.3, 0.4) is 0 Å². The Hall–Kier alpha value is -1.93. The molecule has 0 aliphatic heterocycles. The molecule has 1 aromatic rings. The van der Waals surface area contributed by atoms with E-state index in [0.29, 0.717) is 0 Å². The maximum Gasteiger partial charge on any atom is 0.340 e. The summed E-state index contributed by atoms with van der Waals surface area (Å²) in [5.74, 6) is -2.08. The highest BCUT2D eigenvalue weighted by atomic mass is 32.1. The highest BCUT2D eigenvalue weighted by molar-refractivity contribution is 7.10. The van der Waals surface area contributed by atoms with Gasteiger partial charge < -0.3 is 20.1 Å². The van der Waals surface area contributed by atoms with Gasteiger partial charge in [-0.3, -0.25) is 4.79 Å². The first-order chi connectivity index (χ1) is 12.1. The third kappa shape index (κ3) is 5.27. The lowest BCUT2D eigenvalue weighted by Crippen LogP contribution is -2.50. The van der Waals surface area contributed by atoms with Gasteiger partial charge in [0, 0.05) is 10.9 Å². The van der Waals surface area contributed by atoms with E-state index in [-0.39, 0.29) is 25.8 Å². The minimum Gasteiger partial charge on any atom is -0.464 e. The normalized spacial score (nSPS) is 16.2. The van der Waals surface area contributed by atoms with E-state index < -0.39 is 23.9 Å². The summed E-state index contributed by atoms with van der Waals surface area (Å²) in [4.78, 5) is 37.3. The van der Waals surface area contributed by atoms with E-state index >= 15 is 0 Å². The maximum atomic E-state index is 12.2.